The Balaban J connectivity index is 0. The number of carbonyl (C=O) groups is 1. The molecule has 29 valence electrons. The van der Waals surface area contributed by atoms with E-state index in [2.05, 4.69) is 6.58 Å². The summed E-state index contributed by atoms with van der Waals surface area (Å²) in [6.07, 6.45) is 1.28. The third-order valence-corrected chi connectivity index (χ3v) is 0.287. The molecule has 1 nitrogen and oxygen atoms in total. The average molecular weight is 93.1 g/mol. The number of carbonyl (C=O) groups excluding carboxylic acids is 1. The minimum Gasteiger partial charge on any atom is -0.295 e. The van der Waals surface area contributed by atoms with Crippen molar-refractivity contribution in [1.29, 1.82) is 0 Å². The van der Waals surface area contributed by atoms with Crippen molar-refractivity contribution in [3.63, 3.8) is 0 Å². The Labute approximate surface area is 59.7 Å². The smallest absolute Gasteiger partial charge is 0.152 e. The Kier molecular flexibility index (Phi) is 8.70. The van der Waals surface area contributed by atoms with Gasteiger partial charge >= 0.3 is 0 Å². The summed E-state index contributed by atoms with van der Waals surface area (Å²) in [5.41, 5.74) is 0. The molecule has 0 aromatic heterocycles. The van der Waals surface area contributed by atoms with E-state index in [1.54, 1.807) is 0 Å². The van der Waals surface area contributed by atoms with E-state index in [9.17, 15) is 4.79 Å². The number of rotatable bonds is 1. The van der Waals surface area contributed by atoms with Crippen molar-refractivity contribution in [2.24, 2.45) is 0 Å². The normalized spacial score (nSPS) is 5.50. The van der Waals surface area contributed by atoms with Crippen LogP contribution in [0.4, 0.5) is 0 Å². The van der Waals surface area contributed by atoms with Gasteiger partial charge in [0, 0.05) is 29.6 Å². The van der Waals surface area contributed by atoms with Crippen LogP contribution in [0.2, 0.25) is 0 Å². The maximum atomic E-state index is 9.69. The van der Waals surface area contributed by atoms with Crippen molar-refractivity contribution in [1.82, 2.24) is 0 Å². The Bertz CT molecular complexity index is 58.6. The van der Waals surface area contributed by atoms with E-state index in [4.69, 9.17) is 0 Å². The van der Waals surface area contributed by atoms with Crippen molar-refractivity contribution in [3.8, 4) is 0 Å². The van der Waals surface area contributed by atoms with Crippen molar-refractivity contribution >= 4 is 35.3 Å². The number of hydrogen-bond donors (Lipinski definition) is 0. The first-order valence-electron chi connectivity index (χ1n) is 1.40. The number of hydrogen-bond acceptors (Lipinski definition) is 1. The zero-order chi connectivity index (χ0) is 4.28. The van der Waals surface area contributed by atoms with Crippen molar-refractivity contribution in [2.75, 3.05) is 0 Å². The average Bonchev–Trinajstić information content (AvgIpc) is 1.38. The quantitative estimate of drug-likeness (QED) is 0.338. The molecule has 0 amide bonds. The molecule has 0 spiro atoms. The summed E-state index contributed by atoms with van der Waals surface area (Å²) in [5, 5.41) is 0. The van der Waals surface area contributed by atoms with Crippen LogP contribution in [0.3, 0.4) is 0 Å². The van der Waals surface area contributed by atoms with Crippen LogP contribution in [0.25, 0.3) is 0 Å². The molecule has 0 aliphatic heterocycles. The fraction of sp³-hybridized carbons (Fsp3) is 0.250. The zero-order valence-electron chi connectivity index (χ0n) is 4.19. The minimum absolute atomic E-state index is 0. The molecule has 0 aromatic rings. The molecule has 2 heteroatoms. The molecule has 0 bridgehead atoms. The van der Waals surface area contributed by atoms with E-state index in [0.29, 0.717) is 0 Å². The van der Waals surface area contributed by atoms with E-state index >= 15 is 0 Å². The Morgan fingerprint density at radius 3 is 2.00 bits per heavy atom. The third-order valence-electron chi connectivity index (χ3n) is 0.287. The Morgan fingerprint density at radius 2 is 2.00 bits per heavy atom. The van der Waals surface area contributed by atoms with Crippen LogP contribution in [0.1, 0.15) is 6.92 Å². The van der Waals surface area contributed by atoms with Crippen LogP contribution in [-0.4, -0.2) is 35.3 Å². The van der Waals surface area contributed by atoms with Crippen LogP contribution in [0.15, 0.2) is 12.7 Å². The Morgan fingerprint density at radius 1 is 1.83 bits per heavy atom. The van der Waals surface area contributed by atoms with E-state index in [0.717, 1.165) is 0 Å². The monoisotopic (exact) mass is 93.0 g/mol. The van der Waals surface area contributed by atoms with Crippen LogP contribution >= 0.6 is 0 Å². The summed E-state index contributed by atoms with van der Waals surface area (Å²) in [4.78, 5) is 9.69. The maximum Gasteiger partial charge on any atom is 0.152 e. The van der Waals surface area contributed by atoms with Gasteiger partial charge in [-0.3, -0.25) is 4.79 Å². The summed E-state index contributed by atoms with van der Waals surface area (Å²) >= 11 is 0. The van der Waals surface area contributed by atoms with Gasteiger partial charge in [-0.15, -0.1) is 0 Å². The standard InChI is InChI=1S/C4H6O.Na/c1-3-4(2)5;/h3H,1H2,2H3;. The topological polar surface area (TPSA) is 17.1 Å². The number of allylic oxidation sites excluding steroid dienone is 1. The van der Waals surface area contributed by atoms with Gasteiger partial charge in [0.15, 0.2) is 5.78 Å². The molecule has 0 saturated carbocycles. The van der Waals surface area contributed by atoms with E-state index in [1.165, 1.54) is 13.0 Å². The predicted molar refractivity (Wildman–Crippen MR) is 26.6 cm³/mol. The van der Waals surface area contributed by atoms with Gasteiger partial charge in [0.25, 0.3) is 0 Å². The van der Waals surface area contributed by atoms with Gasteiger partial charge in [-0.1, -0.05) is 6.58 Å². The molecular formula is C4H6NaO. The largest absolute Gasteiger partial charge is 0.295 e. The molecule has 1 radical (unpaired) electrons. The predicted octanol–water partition coefficient (Wildman–Crippen LogP) is 0.381. The summed E-state index contributed by atoms with van der Waals surface area (Å²) in [7, 11) is 0. The molecule has 0 atom stereocenters. The molecule has 0 aliphatic carbocycles. The van der Waals surface area contributed by atoms with Gasteiger partial charge in [0.05, 0.1) is 0 Å². The van der Waals surface area contributed by atoms with Gasteiger partial charge in [-0.2, -0.15) is 0 Å². The molecule has 0 N–H and O–H groups in total. The minimum atomic E-state index is 0. The van der Waals surface area contributed by atoms with E-state index < -0.39 is 0 Å². The van der Waals surface area contributed by atoms with Gasteiger partial charge < -0.3 is 0 Å². The summed E-state index contributed by atoms with van der Waals surface area (Å²) < 4.78 is 0. The molecule has 0 rings (SSSR count). The second-order valence-corrected chi connectivity index (χ2v) is 0.815. The van der Waals surface area contributed by atoms with E-state index in [1.807, 2.05) is 0 Å². The summed E-state index contributed by atoms with van der Waals surface area (Å²) in [6.45, 7) is 4.68. The fourth-order valence-electron chi connectivity index (χ4n) is 0. The van der Waals surface area contributed by atoms with Crippen LogP contribution in [0.5, 0.6) is 0 Å². The molecule has 0 saturated heterocycles. The van der Waals surface area contributed by atoms with Gasteiger partial charge in [-0.05, 0) is 13.0 Å². The Hall–Kier alpha value is 0.410. The third kappa shape index (κ3) is 8.83. The molecule has 0 aliphatic rings. The maximum absolute atomic E-state index is 9.69. The first kappa shape index (κ1) is 9.65. The van der Waals surface area contributed by atoms with Crippen molar-refractivity contribution < 1.29 is 4.79 Å². The number of ketones is 1. The molecule has 0 unspecified atom stereocenters. The van der Waals surface area contributed by atoms with Gasteiger partial charge in [0.2, 0.25) is 0 Å². The molecule has 0 heterocycles. The van der Waals surface area contributed by atoms with E-state index in [-0.39, 0.29) is 35.3 Å². The molecule has 0 fully saturated rings. The van der Waals surface area contributed by atoms with Crippen LogP contribution < -0.4 is 0 Å². The summed E-state index contributed by atoms with van der Waals surface area (Å²) in [5.74, 6) is 0.0185. The van der Waals surface area contributed by atoms with Gasteiger partial charge in [0.1, 0.15) is 0 Å². The van der Waals surface area contributed by atoms with Gasteiger partial charge in [-0.25, -0.2) is 0 Å². The zero-order valence-corrected chi connectivity index (χ0v) is 6.19. The second-order valence-electron chi connectivity index (χ2n) is 0.815. The van der Waals surface area contributed by atoms with Crippen molar-refractivity contribution in [3.05, 3.63) is 12.7 Å². The second kappa shape index (κ2) is 5.41. The first-order valence-corrected chi connectivity index (χ1v) is 1.40. The molecule has 0 aromatic carbocycles. The molecular weight excluding hydrogens is 87.0 g/mol. The summed E-state index contributed by atoms with van der Waals surface area (Å²) in [6, 6.07) is 0. The van der Waals surface area contributed by atoms with Crippen LogP contribution in [-0.2, 0) is 4.79 Å². The fourth-order valence-corrected chi connectivity index (χ4v) is 0. The first-order chi connectivity index (χ1) is 2.27. The van der Waals surface area contributed by atoms with Crippen molar-refractivity contribution in [2.45, 2.75) is 6.92 Å². The SMILES string of the molecule is C=CC(C)=O.[Na]. The molecule has 6 heavy (non-hydrogen) atoms. The van der Waals surface area contributed by atoms with Crippen LogP contribution in [0, 0.1) is 0 Å².